The summed E-state index contributed by atoms with van der Waals surface area (Å²) in [4.78, 5) is 23.0. The summed E-state index contributed by atoms with van der Waals surface area (Å²) in [6, 6.07) is 11.3. The van der Waals surface area contributed by atoms with Crippen LogP contribution in [0, 0.1) is 18.7 Å². The van der Waals surface area contributed by atoms with Crippen molar-refractivity contribution in [1.29, 1.82) is 0 Å². The molecule has 1 aliphatic carbocycles. The Balaban J connectivity index is 1.77. The number of aromatic nitrogens is 2. The summed E-state index contributed by atoms with van der Waals surface area (Å²) >= 11 is 1.53. The maximum absolute atomic E-state index is 13.4. The molecule has 31 heavy (non-hydrogen) atoms. The molecule has 0 saturated heterocycles. The Kier molecular flexibility index (Phi) is 6.73. The van der Waals surface area contributed by atoms with Gasteiger partial charge in [-0.05, 0) is 37.5 Å². The fourth-order valence-electron chi connectivity index (χ4n) is 4.19. The van der Waals surface area contributed by atoms with Crippen molar-refractivity contribution in [3.05, 3.63) is 59.7 Å². The zero-order valence-electron chi connectivity index (χ0n) is 17.5. The summed E-state index contributed by atoms with van der Waals surface area (Å²) in [6.45, 7) is 2.23. The zero-order chi connectivity index (χ0) is 21.8. The van der Waals surface area contributed by atoms with Crippen LogP contribution >= 0.6 is 11.3 Å². The number of hydrogen-bond donors (Lipinski definition) is 2. The van der Waals surface area contributed by atoms with E-state index >= 15 is 0 Å². The molecule has 0 radical (unpaired) electrons. The molecule has 1 unspecified atom stereocenters. The molecule has 2 aromatic heterocycles. The van der Waals surface area contributed by atoms with Crippen molar-refractivity contribution < 1.29 is 14.3 Å². The number of halogens is 1. The van der Waals surface area contributed by atoms with Crippen LogP contribution in [0.15, 0.2) is 42.6 Å². The molecule has 1 amide bonds. The fraction of sp³-hybridized carbons (Fsp3) is 0.375. The van der Waals surface area contributed by atoms with Crippen molar-refractivity contribution >= 4 is 17.2 Å². The van der Waals surface area contributed by atoms with Gasteiger partial charge in [0.1, 0.15) is 10.8 Å². The van der Waals surface area contributed by atoms with Crippen LogP contribution in [0.2, 0.25) is 0 Å². The first kappa shape index (κ1) is 21.6. The van der Waals surface area contributed by atoms with Gasteiger partial charge in [-0.15, -0.1) is 11.3 Å². The first-order valence-electron chi connectivity index (χ1n) is 10.6. The molecule has 3 aromatic rings. The molecule has 2 heterocycles. The molecule has 1 aromatic carbocycles. The monoisotopic (exact) mass is 439 g/mol. The molecule has 162 valence electrons. The minimum atomic E-state index is -0.382. The summed E-state index contributed by atoms with van der Waals surface area (Å²) in [5.74, 6) is -0.593. The number of nitrogens with zero attached hydrogens (tertiary/aromatic N) is 2. The third-order valence-corrected chi connectivity index (χ3v) is 6.92. The standard InChI is InChI=1S/C24H26FN3O2S/c1-15-6-8-16(9-7-15)22-21(28-24(31-22)20-11-10-17(25)14-27-20)18-4-2-3-5-19(18)23(30)26-12-13-29/h6-11,14,18-19,29H,2-5,12-13H2,1H3,(H,26,30)/t18-,19?/m1/s1. The van der Waals surface area contributed by atoms with Crippen molar-refractivity contribution in [3.63, 3.8) is 0 Å². The molecule has 0 spiro atoms. The second-order valence-corrected chi connectivity index (χ2v) is 8.97. The van der Waals surface area contributed by atoms with E-state index in [0.29, 0.717) is 5.69 Å². The van der Waals surface area contributed by atoms with Crippen molar-refractivity contribution in [1.82, 2.24) is 15.3 Å². The highest BCUT2D eigenvalue weighted by molar-refractivity contribution is 7.18. The second kappa shape index (κ2) is 9.66. The summed E-state index contributed by atoms with van der Waals surface area (Å²) in [7, 11) is 0. The second-order valence-electron chi connectivity index (χ2n) is 7.97. The minimum absolute atomic E-state index is 0.00538. The lowest BCUT2D eigenvalue weighted by Gasteiger charge is -2.30. The van der Waals surface area contributed by atoms with Gasteiger partial charge in [-0.1, -0.05) is 42.7 Å². The Bertz CT molecular complexity index is 1030. The average Bonchev–Trinajstić information content (AvgIpc) is 3.23. The molecule has 1 aliphatic rings. The van der Waals surface area contributed by atoms with Crippen LogP contribution in [0.3, 0.4) is 0 Å². The number of amides is 1. The van der Waals surface area contributed by atoms with Gasteiger partial charge in [0.15, 0.2) is 0 Å². The van der Waals surface area contributed by atoms with E-state index in [-0.39, 0.29) is 36.7 Å². The molecule has 1 fully saturated rings. The van der Waals surface area contributed by atoms with Crippen molar-refractivity contribution in [2.45, 2.75) is 38.5 Å². The van der Waals surface area contributed by atoms with Gasteiger partial charge in [0.25, 0.3) is 0 Å². The van der Waals surface area contributed by atoms with E-state index in [1.165, 1.54) is 29.2 Å². The summed E-state index contributed by atoms with van der Waals surface area (Å²) < 4.78 is 13.4. The molecule has 4 rings (SSSR count). The van der Waals surface area contributed by atoms with Crippen LogP contribution in [0.25, 0.3) is 21.1 Å². The van der Waals surface area contributed by atoms with E-state index in [0.717, 1.165) is 46.8 Å². The van der Waals surface area contributed by atoms with Gasteiger partial charge in [-0.25, -0.2) is 9.37 Å². The SMILES string of the molecule is Cc1ccc(-c2sc(-c3ccc(F)cn3)nc2[C@@H]2CCCCC2C(=O)NCCO)cc1. The highest BCUT2D eigenvalue weighted by Gasteiger charge is 2.35. The van der Waals surface area contributed by atoms with E-state index in [9.17, 15) is 9.18 Å². The lowest BCUT2D eigenvalue weighted by atomic mass is 9.76. The molecule has 5 nitrogen and oxygen atoms in total. The Morgan fingerprint density at radius 2 is 1.97 bits per heavy atom. The molecular formula is C24H26FN3O2S. The topological polar surface area (TPSA) is 75.1 Å². The average molecular weight is 440 g/mol. The lowest BCUT2D eigenvalue weighted by molar-refractivity contribution is -0.126. The number of rotatable bonds is 6. The van der Waals surface area contributed by atoms with Gasteiger partial charge in [-0.2, -0.15) is 0 Å². The lowest BCUT2D eigenvalue weighted by Crippen LogP contribution is -2.37. The molecule has 2 atom stereocenters. The van der Waals surface area contributed by atoms with Gasteiger partial charge in [0.2, 0.25) is 5.91 Å². The van der Waals surface area contributed by atoms with Crippen LogP contribution in [0.4, 0.5) is 4.39 Å². The number of aliphatic hydroxyl groups is 1. The van der Waals surface area contributed by atoms with E-state index < -0.39 is 0 Å². The number of carbonyl (C=O) groups is 1. The quantitative estimate of drug-likeness (QED) is 0.584. The summed E-state index contributed by atoms with van der Waals surface area (Å²) in [5, 5.41) is 12.7. The third kappa shape index (κ3) is 4.83. The van der Waals surface area contributed by atoms with Gasteiger partial charge in [-0.3, -0.25) is 9.78 Å². The summed E-state index contributed by atoms with van der Waals surface area (Å²) in [5.41, 5.74) is 3.78. The third-order valence-electron chi connectivity index (χ3n) is 5.78. The molecule has 7 heteroatoms. The minimum Gasteiger partial charge on any atom is -0.395 e. The van der Waals surface area contributed by atoms with Crippen LogP contribution in [-0.4, -0.2) is 34.1 Å². The Hall–Kier alpha value is -2.64. The van der Waals surface area contributed by atoms with Gasteiger partial charge < -0.3 is 10.4 Å². The number of aryl methyl sites for hydroxylation is 1. The smallest absolute Gasteiger partial charge is 0.223 e. The van der Waals surface area contributed by atoms with Gasteiger partial charge in [0, 0.05) is 18.4 Å². The number of carbonyl (C=O) groups excluding carboxylic acids is 1. The first-order valence-corrected chi connectivity index (χ1v) is 11.5. The first-order chi connectivity index (χ1) is 15.1. The molecule has 1 saturated carbocycles. The van der Waals surface area contributed by atoms with Crippen LogP contribution < -0.4 is 5.32 Å². The molecular weight excluding hydrogens is 413 g/mol. The number of pyridine rings is 1. The largest absolute Gasteiger partial charge is 0.395 e. The predicted octanol–water partition coefficient (Wildman–Crippen LogP) is 4.70. The van der Waals surface area contributed by atoms with Crippen molar-refractivity contribution in [2.75, 3.05) is 13.2 Å². The Morgan fingerprint density at radius 1 is 1.19 bits per heavy atom. The number of nitrogens with one attached hydrogen (secondary N) is 1. The zero-order valence-corrected chi connectivity index (χ0v) is 18.3. The highest BCUT2D eigenvalue weighted by atomic mass is 32.1. The maximum atomic E-state index is 13.4. The van der Waals surface area contributed by atoms with Crippen LogP contribution in [0.1, 0.15) is 42.9 Å². The predicted molar refractivity (Wildman–Crippen MR) is 120 cm³/mol. The molecule has 2 N–H and O–H groups in total. The number of aliphatic hydroxyl groups excluding tert-OH is 1. The van der Waals surface area contributed by atoms with Crippen LogP contribution in [-0.2, 0) is 4.79 Å². The van der Waals surface area contributed by atoms with Gasteiger partial charge in [0.05, 0.1) is 29.1 Å². The van der Waals surface area contributed by atoms with Crippen LogP contribution in [0.5, 0.6) is 0 Å². The fourth-order valence-corrected chi connectivity index (χ4v) is 5.31. The van der Waals surface area contributed by atoms with Crippen molar-refractivity contribution in [2.24, 2.45) is 5.92 Å². The Morgan fingerprint density at radius 3 is 2.68 bits per heavy atom. The Labute approximate surface area is 185 Å². The van der Waals surface area contributed by atoms with Crippen molar-refractivity contribution in [3.8, 4) is 21.1 Å². The number of benzene rings is 1. The maximum Gasteiger partial charge on any atom is 0.223 e. The normalized spacial score (nSPS) is 18.7. The number of hydrogen-bond acceptors (Lipinski definition) is 5. The van der Waals surface area contributed by atoms with E-state index in [2.05, 4.69) is 34.6 Å². The molecule has 0 bridgehead atoms. The summed E-state index contributed by atoms with van der Waals surface area (Å²) in [6.07, 6.45) is 4.94. The molecule has 0 aliphatic heterocycles. The van der Waals surface area contributed by atoms with Gasteiger partial charge >= 0.3 is 0 Å². The van der Waals surface area contributed by atoms with E-state index in [1.54, 1.807) is 6.07 Å². The van der Waals surface area contributed by atoms with E-state index in [4.69, 9.17) is 10.1 Å². The highest BCUT2D eigenvalue weighted by Crippen LogP contribution is 2.45. The van der Waals surface area contributed by atoms with E-state index in [1.807, 2.05) is 6.92 Å². The number of thiazole rings is 1.